The topological polar surface area (TPSA) is 97.9 Å². The molecule has 1 amide bonds. The summed E-state index contributed by atoms with van der Waals surface area (Å²) in [6.07, 6.45) is 2.26. The molecule has 3 aromatic heterocycles. The second kappa shape index (κ2) is 7.54. The van der Waals surface area contributed by atoms with Gasteiger partial charge in [0, 0.05) is 32.6 Å². The van der Waals surface area contributed by atoms with Gasteiger partial charge in [0.05, 0.1) is 6.33 Å². The van der Waals surface area contributed by atoms with Crippen molar-refractivity contribution in [3.8, 4) is 11.5 Å². The van der Waals surface area contributed by atoms with Gasteiger partial charge in [0.15, 0.2) is 11.3 Å². The molecular formula is C21H24N6O2. The summed E-state index contributed by atoms with van der Waals surface area (Å²) in [5.41, 5.74) is 4.56. The number of oxazole rings is 1. The average molecular weight is 392 g/mol. The predicted molar refractivity (Wildman–Crippen MR) is 112 cm³/mol. The summed E-state index contributed by atoms with van der Waals surface area (Å²) in [5.74, 6) is 1.52. The number of hydrogen-bond acceptors (Lipinski definition) is 6. The van der Waals surface area contributed by atoms with Gasteiger partial charge in [0.1, 0.15) is 11.0 Å². The molecule has 0 aliphatic rings. The number of benzene rings is 1. The van der Waals surface area contributed by atoms with Crippen molar-refractivity contribution in [1.29, 1.82) is 0 Å². The van der Waals surface area contributed by atoms with Crippen LogP contribution in [0.2, 0.25) is 0 Å². The van der Waals surface area contributed by atoms with Gasteiger partial charge in [-0.25, -0.2) is 9.97 Å². The Kier molecular flexibility index (Phi) is 4.92. The highest BCUT2D eigenvalue weighted by Gasteiger charge is 2.18. The third kappa shape index (κ3) is 3.65. The molecule has 0 unspecified atom stereocenters. The number of pyridine rings is 1. The summed E-state index contributed by atoms with van der Waals surface area (Å²) in [6, 6.07) is 7.81. The van der Waals surface area contributed by atoms with Gasteiger partial charge in [0.2, 0.25) is 11.8 Å². The zero-order valence-corrected chi connectivity index (χ0v) is 17.0. The number of nitrogens with zero attached hydrogens (tertiary/aromatic N) is 4. The van der Waals surface area contributed by atoms with Crippen LogP contribution >= 0.6 is 0 Å². The van der Waals surface area contributed by atoms with Gasteiger partial charge in [-0.05, 0) is 23.6 Å². The third-order valence-electron chi connectivity index (χ3n) is 4.70. The van der Waals surface area contributed by atoms with E-state index in [4.69, 9.17) is 9.40 Å². The number of aryl methyl sites for hydroxylation is 1. The summed E-state index contributed by atoms with van der Waals surface area (Å²) in [7, 11) is 3.72. The van der Waals surface area contributed by atoms with E-state index in [0.29, 0.717) is 41.8 Å². The van der Waals surface area contributed by atoms with E-state index < -0.39 is 0 Å². The Labute approximate surface area is 168 Å². The summed E-state index contributed by atoms with van der Waals surface area (Å²) in [5, 5.41) is 6.02. The van der Waals surface area contributed by atoms with E-state index in [0.717, 1.165) is 22.2 Å². The molecule has 0 atom stereocenters. The zero-order valence-electron chi connectivity index (χ0n) is 17.0. The first-order valence-corrected chi connectivity index (χ1v) is 9.61. The Bertz CT molecular complexity index is 1190. The highest BCUT2D eigenvalue weighted by molar-refractivity contribution is 6.03. The maximum Gasteiger partial charge on any atom is 0.251 e. The molecule has 2 N–H and O–H groups in total. The SMILES string of the molecule is CNc1nc2oc(-c3cccc(CNC(=O)CC(C)C)c3)nc2c2c1ncn2C. The number of rotatable bonds is 6. The van der Waals surface area contributed by atoms with Crippen LogP contribution in [0.3, 0.4) is 0 Å². The second-order valence-electron chi connectivity index (χ2n) is 7.51. The van der Waals surface area contributed by atoms with Crippen LogP contribution in [-0.4, -0.2) is 32.5 Å². The molecule has 0 spiro atoms. The smallest absolute Gasteiger partial charge is 0.251 e. The molecule has 0 bridgehead atoms. The van der Waals surface area contributed by atoms with Crippen molar-refractivity contribution >= 4 is 34.0 Å². The quantitative estimate of drug-likeness (QED) is 0.521. The molecule has 0 saturated heterocycles. The van der Waals surface area contributed by atoms with E-state index in [1.165, 1.54) is 0 Å². The Balaban J connectivity index is 1.67. The summed E-state index contributed by atoms with van der Waals surface area (Å²) in [6.45, 7) is 4.52. The molecule has 8 heteroatoms. The second-order valence-corrected chi connectivity index (χ2v) is 7.51. The lowest BCUT2D eigenvalue weighted by Crippen LogP contribution is -2.23. The first-order chi connectivity index (χ1) is 14.0. The highest BCUT2D eigenvalue weighted by Crippen LogP contribution is 2.31. The molecular weight excluding hydrogens is 368 g/mol. The standard InChI is InChI=1S/C21H24N6O2/c1-12(2)8-15(28)23-10-13-6-5-7-14(9-13)20-25-17-18-16(24-11-27(18)4)19(22-3)26-21(17)29-20/h5-7,9,11-12H,8,10H2,1-4H3,(H,22,26)(H,23,28). The molecule has 1 aromatic carbocycles. The number of fused-ring (bicyclic) bond motifs is 3. The normalized spacial score (nSPS) is 11.5. The van der Waals surface area contributed by atoms with Crippen molar-refractivity contribution in [3.63, 3.8) is 0 Å². The van der Waals surface area contributed by atoms with Gasteiger partial charge >= 0.3 is 0 Å². The van der Waals surface area contributed by atoms with Gasteiger partial charge in [-0.1, -0.05) is 26.0 Å². The summed E-state index contributed by atoms with van der Waals surface area (Å²) < 4.78 is 7.88. The number of imidazole rings is 1. The molecule has 3 heterocycles. The molecule has 150 valence electrons. The molecule has 4 rings (SSSR count). The van der Waals surface area contributed by atoms with Crippen LogP contribution in [0.4, 0.5) is 5.82 Å². The maximum absolute atomic E-state index is 11.9. The Hall–Kier alpha value is -3.42. The lowest BCUT2D eigenvalue weighted by atomic mass is 10.1. The lowest BCUT2D eigenvalue weighted by Gasteiger charge is -2.07. The number of aromatic nitrogens is 4. The monoisotopic (exact) mass is 392 g/mol. The fourth-order valence-electron chi connectivity index (χ4n) is 3.34. The van der Waals surface area contributed by atoms with Crippen LogP contribution in [0, 0.1) is 5.92 Å². The van der Waals surface area contributed by atoms with Crippen molar-refractivity contribution in [2.75, 3.05) is 12.4 Å². The molecule has 0 radical (unpaired) electrons. The molecule has 29 heavy (non-hydrogen) atoms. The Morgan fingerprint density at radius 3 is 2.83 bits per heavy atom. The van der Waals surface area contributed by atoms with Crippen molar-refractivity contribution in [2.45, 2.75) is 26.8 Å². The van der Waals surface area contributed by atoms with Crippen LogP contribution in [0.15, 0.2) is 35.0 Å². The van der Waals surface area contributed by atoms with Gasteiger partial charge < -0.3 is 19.6 Å². The van der Waals surface area contributed by atoms with Crippen molar-refractivity contribution in [3.05, 3.63) is 36.2 Å². The van der Waals surface area contributed by atoms with E-state index in [9.17, 15) is 4.79 Å². The molecule has 0 saturated carbocycles. The van der Waals surface area contributed by atoms with Gasteiger partial charge in [-0.15, -0.1) is 0 Å². The summed E-state index contributed by atoms with van der Waals surface area (Å²) >= 11 is 0. The van der Waals surface area contributed by atoms with E-state index in [1.54, 1.807) is 13.4 Å². The molecule has 4 aromatic rings. The van der Waals surface area contributed by atoms with Gasteiger partial charge in [0.25, 0.3) is 5.71 Å². The average Bonchev–Trinajstić information content (AvgIpc) is 3.29. The minimum Gasteiger partial charge on any atom is -0.418 e. The molecule has 0 aliphatic heterocycles. The van der Waals surface area contributed by atoms with Crippen LogP contribution in [0.1, 0.15) is 25.8 Å². The van der Waals surface area contributed by atoms with Gasteiger partial charge in [-0.2, -0.15) is 4.98 Å². The van der Waals surface area contributed by atoms with E-state index in [2.05, 4.69) is 20.6 Å². The van der Waals surface area contributed by atoms with Crippen LogP contribution in [-0.2, 0) is 18.4 Å². The first kappa shape index (κ1) is 18.9. The molecule has 8 nitrogen and oxygen atoms in total. The fraction of sp³-hybridized carbons (Fsp3) is 0.333. The van der Waals surface area contributed by atoms with Gasteiger partial charge in [-0.3, -0.25) is 4.79 Å². The zero-order chi connectivity index (χ0) is 20.5. The lowest BCUT2D eigenvalue weighted by molar-refractivity contribution is -0.121. The first-order valence-electron chi connectivity index (χ1n) is 9.61. The molecule has 0 fully saturated rings. The van der Waals surface area contributed by atoms with Crippen LogP contribution < -0.4 is 10.6 Å². The molecule has 0 aliphatic carbocycles. The predicted octanol–water partition coefficient (Wildman–Crippen LogP) is 3.48. The Morgan fingerprint density at radius 2 is 2.07 bits per heavy atom. The van der Waals surface area contributed by atoms with Crippen LogP contribution in [0.25, 0.3) is 33.7 Å². The third-order valence-corrected chi connectivity index (χ3v) is 4.70. The number of carbonyl (C=O) groups excluding carboxylic acids is 1. The van der Waals surface area contributed by atoms with E-state index in [1.807, 2.05) is 49.7 Å². The van der Waals surface area contributed by atoms with E-state index >= 15 is 0 Å². The van der Waals surface area contributed by atoms with Crippen molar-refractivity contribution < 1.29 is 9.21 Å². The summed E-state index contributed by atoms with van der Waals surface area (Å²) in [4.78, 5) is 25.5. The number of amides is 1. The van der Waals surface area contributed by atoms with Crippen molar-refractivity contribution in [1.82, 2.24) is 24.8 Å². The number of carbonyl (C=O) groups is 1. The largest absolute Gasteiger partial charge is 0.418 e. The Morgan fingerprint density at radius 1 is 1.24 bits per heavy atom. The fourth-order valence-corrected chi connectivity index (χ4v) is 3.34. The number of anilines is 1. The van der Waals surface area contributed by atoms with E-state index in [-0.39, 0.29) is 5.91 Å². The van der Waals surface area contributed by atoms with Crippen molar-refractivity contribution in [2.24, 2.45) is 13.0 Å². The minimum absolute atomic E-state index is 0.0506. The number of hydrogen-bond donors (Lipinski definition) is 2. The minimum atomic E-state index is 0.0506. The maximum atomic E-state index is 11.9. The highest BCUT2D eigenvalue weighted by atomic mass is 16.4. The van der Waals surface area contributed by atoms with Crippen LogP contribution in [0.5, 0.6) is 0 Å². The number of nitrogens with one attached hydrogen (secondary N) is 2.